The molecule has 1 aromatic heterocycles. The molecular weight excluding hydrogens is 345 g/mol. The fourth-order valence-corrected chi connectivity index (χ4v) is 2.50. The van der Waals surface area contributed by atoms with Crippen LogP contribution in [0.3, 0.4) is 0 Å². The number of benzene rings is 1. The molecule has 3 amide bonds. The Morgan fingerprint density at radius 1 is 1.23 bits per heavy atom. The van der Waals surface area contributed by atoms with Crippen molar-refractivity contribution < 1.29 is 18.9 Å². The number of para-hydroxylation sites is 1. The zero-order valence-corrected chi connectivity index (χ0v) is 13.5. The van der Waals surface area contributed by atoms with Gasteiger partial charge in [0, 0.05) is 19.2 Å². The molecule has 9 nitrogen and oxygen atoms in total. The van der Waals surface area contributed by atoms with Crippen molar-refractivity contribution in [3.8, 4) is 0 Å². The van der Waals surface area contributed by atoms with Crippen LogP contribution < -0.4 is 10.2 Å². The van der Waals surface area contributed by atoms with Crippen LogP contribution in [0.1, 0.15) is 0 Å². The van der Waals surface area contributed by atoms with Gasteiger partial charge in [0.1, 0.15) is 17.8 Å². The summed E-state index contributed by atoms with van der Waals surface area (Å²) in [7, 11) is 0. The molecule has 2 heterocycles. The molecule has 0 spiro atoms. The van der Waals surface area contributed by atoms with E-state index in [1.54, 1.807) is 11.0 Å². The van der Waals surface area contributed by atoms with Gasteiger partial charge >= 0.3 is 6.03 Å². The number of carbonyl (C=O) groups excluding carboxylic acids is 2. The Hall–Kier alpha value is -3.56. The maximum absolute atomic E-state index is 13.6. The van der Waals surface area contributed by atoms with Gasteiger partial charge in [-0.3, -0.25) is 19.8 Å². The number of urea groups is 1. The predicted molar refractivity (Wildman–Crippen MR) is 90.2 cm³/mol. The van der Waals surface area contributed by atoms with Crippen LogP contribution in [0.4, 0.5) is 26.4 Å². The first-order valence-corrected chi connectivity index (χ1v) is 7.67. The first-order chi connectivity index (χ1) is 12.5. The zero-order chi connectivity index (χ0) is 18.7. The van der Waals surface area contributed by atoms with Crippen LogP contribution in [0.25, 0.3) is 0 Å². The maximum Gasteiger partial charge on any atom is 0.328 e. The summed E-state index contributed by atoms with van der Waals surface area (Å²) in [6, 6.07) is 7.69. The van der Waals surface area contributed by atoms with Gasteiger partial charge in [-0.25, -0.2) is 14.2 Å². The SMILES string of the molecule is O=C1CN(c2ccc([N+](=O)[O-])cn2)CCN1C(=O)Nc1ccccc1F. The number of imide groups is 1. The van der Waals surface area contributed by atoms with E-state index in [1.807, 2.05) is 0 Å². The van der Waals surface area contributed by atoms with Crippen molar-refractivity contribution in [2.75, 3.05) is 29.9 Å². The summed E-state index contributed by atoms with van der Waals surface area (Å²) in [5.41, 5.74) is -0.159. The number of nitro groups is 1. The number of hydrogen-bond donors (Lipinski definition) is 1. The highest BCUT2D eigenvalue weighted by atomic mass is 19.1. The van der Waals surface area contributed by atoms with E-state index in [9.17, 15) is 24.1 Å². The lowest BCUT2D eigenvalue weighted by Gasteiger charge is -2.33. The first-order valence-electron chi connectivity index (χ1n) is 7.67. The molecule has 0 saturated carbocycles. The van der Waals surface area contributed by atoms with E-state index in [0.29, 0.717) is 12.4 Å². The molecule has 134 valence electrons. The molecule has 0 unspecified atom stereocenters. The predicted octanol–water partition coefficient (Wildman–Crippen LogP) is 2.01. The van der Waals surface area contributed by atoms with Gasteiger partial charge in [0.05, 0.1) is 17.2 Å². The molecule has 0 atom stereocenters. The van der Waals surface area contributed by atoms with Crippen LogP contribution in [0.2, 0.25) is 0 Å². The number of aromatic nitrogens is 1. The lowest BCUT2D eigenvalue weighted by Crippen LogP contribution is -2.54. The van der Waals surface area contributed by atoms with Gasteiger partial charge in [-0.15, -0.1) is 0 Å². The van der Waals surface area contributed by atoms with E-state index in [4.69, 9.17) is 0 Å². The van der Waals surface area contributed by atoms with Crippen molar-refractivity contribution in [2.24, 2.45) is 0 Å². The van der Waals surface area contributed by atoms with E-state index in [1.165, 1.54) is 30.3 Å². The number of carbonyl (C=O) groups is 2. The summed E-state index contributed by atoms with van der Waals surface area (Å²) in [6.07, 6.45) is 1.11. The summed E-state index contributed by atoms with van der Waals surface area (Å²) in [5, 5.41) is 13.0. The largest absolute Gasteiger partial charge is 0.345 e. The maximum atomic E-state index is 13.6. The quantitative estimate of drug-likeness (QED) is 0.663. The first kappa shape index (κ1) is 17.3. The zero-order valence-electron chi connectivity index (χ0n) is 13.5. The third-order valence-electron chi connectivity index (χ3n) is 3.85. The molecule has 0 bridgehead atoms. The number of nitrogens with one attached hydrogen (secondary N) is 1. The van der Waals surface area contributed by atoms with Crippen LogP contribution in [-0.2, 0) is 4.79 Å². The molecule has 1 aliphatic rings. The Morgan fingerprint density at radius 2 is 2.00 bits per heavy atom. The highest BCUT2D eigenvalue weighted by Crippen LogP contribution is 2.19. The summed E-state index contributed by atoms with van der Waals surface area (Å²) in [4.78, 5) is 41.1. The lowest BCUT2D eigenvalue weighted by atomic mass is 10.3. The van der Waals surface area contributed by atoms with Crippen molar-refractivity contribution in [2.45, 2.75) is 0 Å². The Bertz CT molecular complexity index is 858. The van der Waals surface area contributed by atoms with Gasteiger partial charge in [-0.2, -0.15) is 0 Å². The summed E-state index contributed by atoms with van der Waals surface area (Å²) >= 11 is 0. The van der Waals surface area contributed by atoms with Crippen LogP contribution >= 0.6 is 0 Å². The number of nitrogens with zero attached hydrogens (tertiary/aromatic N) is 4. The molecule has 1 aromatic carbocycles. The Morgan fingerprint density at radius 3 is 2.62 bits per heavy atom. The fraction of sp³-hybridized carbons (Fsp3) is 0.188. The number of amides is 3. The Balaban J connectivity index is 1.64. The normalized spacial score (nSPS) is 14.3. The molecule has 0 radical (unpaired) electrons. The number of rotatable bonds is 3. The minimum absolute atomic E-state index is 0.00948. The third-order valence-corrected chi connectivity index (χ3v) is 3.85. The second-order valence-corrected chi connectivity index (χ2v) is 5.51. The molecule has 10 heteroatoms. The molecule has 1 aliphatic heterocycles. The molecule has 26 heavy (non-hydrogen) atoms. The van der Waals surface area contributed by atoms with Crippen LogP contribution in [-0.4, -0.2) is 46.4 Å². The summed E-state index contributed by atoms with van der Waals surface area (Å²) in [5.74, 6) is -0.676. The van der Waals surface area contributed by atoms with Crippen molar-refractivity contribution in [1.29, 1.82) is 0 Å². The van der Waals surface area contributed by atoms with E-state index >= 15 is 0 Å². The third kappa shape index (κ3) is 3.58. The van der Waals surface area contributed by atoms with E-state index in [0.717, 1.165) is 11.1 Å². The second kappa shape index (κ2) is 7.13. The lowest BCUT2D eigenvalue weighted by molar-refractivity contribution is -0.385. The average Bonchev–Trinajstić information content (AvgIpc) is 2.63. The number of hydrogen-bond acceptors (Lipinski definition) is 6. The van der Waals surface area contributed by atoms with Gasteiger partial charge in [0.2, 0.25) is 5.91 Å². The van der Waals surface area contributed by atoms with Crippen molar-refractivity contribution in [1.82, 2.24) is 9.88 Å². The summed E-state index contributed by atoms with van der Waals surface area (Å²) < 4.78 is 13.6. The highest BCUT2D eigenvalue weighted by molar-refractivity contribution is 6.03. The van der Waals surface area contributed by atoms with Crippen LogP contribution in [0.5, 0.6) is 0 Å². The van der Waals surface area contributed by atoms with Gasteiger partial charge < -0.3 is 10.2 Å². The standard InChI is InChI=1S/C16H14FN5O4/c17-12-3-1-2-4-13(12)19-16(24)21-8-7-20(10-15(21)23)14-6-5-11(9-18-14)22(25)26/h1-6,9H,7-8,10H2,(H,19,24). The Labute approximate surface area is 147 Å². The number of piperazine rings is 1. The van der Waals surface area contributed by atoms with E-state index in [2.05, 4.69) is 10.3 Å². The number of halogens is 1. The van der Waals surface area contributed by atoms with Crippen molar-refractivity contribution >= 4 is 29.1 Å². The van der Waals surface area contributed by atoms with E-state index < -0.39 is 22.7 Å². The van der Waals surface area contributed by atoms with Gasteiger partial charge in [0.25, 0.3) is 5.69 Å². The van der Waals surface area contributed by atoms with E-state index in [-0.39, 0.29) is 24.5 Å². The second-order valence-electron chi connectivity index (χ2n) is 5.51. The Kier molecular flexibility index (Phi) is 4.74. The molecule has 2 aromatic rings. The number of anilines is 2. The molecule has 1 fully saturated rings. The van der Waals surface area contributed by atoms with Gasteiger partial charge in [0.15, 0.2) is 0 Å². The monoisotopic (exact) mass is 359 g/mol. The molecular formula is C16H14FN5O4. The summed E-state index contributed by atoms with van der Waals surface area (Å²) in [6.45, 7) is 0.272. The topological polar surface area (TPSA) is 109 Å². The van der Waals surface area contributed by atoms with Crippen LogP contribution in [0, 0.1) is 15.9 Å². The smallest absolute Gasteiger partial charge is 0.328 e. The van der Waals surface area contributed by atoms with Crippen molar-refractivity contribution in [3.05, 3.63) is 58.5 Å². The van der Waals surface area contributed by atoms with Gasteiger partial charge in [-0.05, 0) is 18.2 Å². The molecule has 1 saturated heterocycles. The molecule has 1 N–H and O–H groups in total. The highest BCUT2D eigenvalue weighted by Gasteiger charge is 2.29. The minimum atomic E-state index is -0.712. The van der Waals surface area contributed by atoms with Crippen LogP contribution in [0.15, 0.2) is 42.6 Å². The minimum Gasteiger partial charge on any atom is -0.345 e. The fourth-order valence-electron chi connectivity index (χ4n) is 2.50. The van der Waals surface area contributed by atoms with Gasteiger partial charge in [-0.1, -0.05) is 12.1 Å². The van der Waals surface area contributed by atoms with Crippen molar-refractivity contribution in [3.63, 3.8) is 0 Å². The molecule has 3 rings (SSSR count). The molecule has 0 aliphatic carbocycles. The average molecular weight is 359 g/mol. The number of pyridine rings is 1.